The highest BCUT2D eigenvalue weighted by Gasteiger charge is 2.16. The summed E-state index contributed by atoms with van der Waals surface area (Å²) in [5.74, 6) is 0. The molecule has 1 aromatic carbocycles. The molecule has 88 valence electrons. The summed E-state index contributed by atoms with van der Waals surface area (Å²) in [7, 11) is 0. The van der Waals surface area contributed by atoms with Crippen molar-refractivity contribution in [2.45, 2.75) is 13.3 Å². The molecule has 0 bridgehead atoms. The molecule has 0 atom stereocenters. The van der Waals surface area contributed by atoms with Gasteiger partial charge in [0.15, 0.2) is 6.29 Å². The molecule has 2 aromatic rings. The van der Waals surface area contributed by atoms with E-state index in [-0.39, 0.29) is 0 Å². The van der Waals surface area contributed by atoms with Gasteiger partial charge in [0, 0.05) is 4.47 Å². The number of aromatic nitrogens is 2. The first-order chi connectivity index (χ1) is 8.19. The predicted octanol–water partition coefficient (Wildman–Crippen LogP) is 3.66. The molecule has 0 N–H and O–H groups in total. The van der Waals surface area contributed by atoms with Crippen LogP contribution in [0.4, 0.5) is 0 Å². The number of hydrogen-bond donors (Lipinski definition) is 0. The van der Waals surface area contributed by atoms with E-state index in [4.69, 9.17) is 11.6 Å². The number of para-hydroxylation sites is 1. The number of rotatable bonds is 3. The van der Waals surface area contributed by atoms with Crippen LogP contribution in [0.5, 0.6) is 0 Å². The number of aldehydes is 1. The quantitative estimate of drug-likeness (QED) is 0.811. The van der Waals surface area contributed by atoms with Gasteiger partial charge in [-0.25, -0.2) is 4.68 Å². The lowest BCUT2D eigenvalue weighted by Crippen LogP contribution is -1.98. The Morgan fingerprint density at radius 1 is 1.47 bits per heavy atom. The van der Waals surface area contributed by atoms with Gasteiger partial charge in [-0.2, -0.15) is 5.10 Å². The Hall–Kier alpha value is -1.13. The first-order valence-electron chi connectivity index (χ1n) is 5.16. The second-order valence-corrected chi connectivity index (χ2v) is 4.70. The Bertz CT molecular complexity index is 566. The van der Waals surface area contributed by atoms with Gasteiger partial charge in [-0.3, -0.25) is 4.79 Å². The first kappa shape index (κ1) is 12.3. The van der Waals surface area contributed by atoms with E-state index < -0.39 is 0 Å². The minimum absolute atomic E-state index is 0.351. The maximum atomic E-state index is 11.0. The molecule has 17 heavy (non-hydrogen) atoms. The summed E-state index contributed by atoms with van der Waals surface area (Å²) >= 11 is 9.60. The third-order valence-corrected chi connectivity index (χ3v) is 3.51. The molecule has 0 unspecified atom stereocenters. The molecular formula is C12H10BrClN2O. The molecule has 0 amide bonds. The van der Waals surface area contributed by atoms with E-state index in [1.165, 1.54) is 0 Å². The van der Waals surface area contributed by atoms with Crippen molar-refractivity contribution in [3.8, 4) is 5.69 Å². The van der Waals surface area contributed by atoms with Crippen LogP contribution in [-0.4, -0.2) is 16.1 Å². The molecule has 1 aromatic heterocycles. The van der Waals surface area contributed by atoms with Gasteiger partial charge in [-0.1, -0.05) is 30.7 Å². The van der Waals surface area contributed by atoms with Crippen molar-refractivity contribution in [1.82, 2.24) is 9.78 Å². The maximum absolute atomic E-state index is 11.0. The monoisotopic (exact) mass is 312 g/mol. The second kappa shape index (κ2) is 5.02. The Morgan fingerprint density at radius 3 is 2.71 bits per heavy atom. The number of halogens is 2. The average molecular weight is 314 g/mol. The smallest absolute Gasteiger partial charge is 0.155 e. The van der Waals surface area contributed by atoms with Gasteiger partial charge in [0.1, 0.15) is 5.15 Å². The zero-order valence-electron chi connectivity index (χ0n) is 9.15. The second-order valence-electron chi connectivity index (χ2n) is 3.49. The van der Waals surface area contributed by atoms with Crippen LogP contribution in [0.3, 0.4) is 0 Å². The lowest BCUT2D eigenvalue weighted by atomic mass is 10.2. The van der Waals surface area contributed by atoms with E-state index in [0.29, 0.717) is 22.8 Å². The van der Waals surface area contributed by atoms with Crippen molar-refractivity contribution in [2.75, 3.05) is 0 Å². The number of aryl methyl sites for hydroxylation is 1. The van der Waals surface area contributed by atoms with Crippen molar-refractivity contribution in [3.05, 3.63) is 45.1 Å². The summed E-state index contributed by atoms with van der Waals surface area (Å²) in [6.45, 7) is 1.94. The summed E-state index contributed by atoms with van der Waals surface area (Å²) in [5, 5.41) is 4.70. The van der Waals surface area contributed by atoms with Crippen molar-refractivity contribution in [1.29, 1.82) is 0 Å². The lowest BCUT2D eigenvalue weighted by molar-refractivity contribution is 0.112. The zero-order chi connectivity index (χ0) is 12.4. The summed E-state index contributed by atoms with van der Waals surface area (Å²) in [4.78, 5) is 11.0. The van der Waals surface area contributed by atoms with E-state index in [1.807, 2.05) is 31.2 Å². The van der Waals surface area contributed by atoms with Gasteiger partial charge < -0.3 is 0 Å². The van der Waals surface area contributed by atoms with Crippen LogP contribution in [0, 0.1) is 0 Å². The Balaban J connectivity index is 2.65. The van der Waals surface area contributed by atoms with Crippen molar-refractivity contribution in [2.24, 2.45) is 0 Å². The topological polar surface area (TPSA) is 34.9 Å². The molecule has 0 radical (unpaired) electrons. The van der Waals surface area contributed by atoms with Crippen LogP contribution in [0.25, 0.3) is 5.69 Å². The minimum Gasteiger partial charge on any atom is -0.298 e. The number of nitrogens with zero attached hydrogens (tertiary/aromatic N) is 2. The van der Waals surface area contributed by atoms with Crippen molar-refractivity contribution < 1.29 is 4.79 Å². The van der Waals surface area contributed by atoms with Gasteiger partial charge in [0.2, 0.25) is 0 Å². The standard InChI is InChI=1S/C12H10BrClN2O/c1-2-10-8(7-17)12(14)16(15-10)11-6-4-3-5-9(11)13/h3-7H,2H2,1H3. The zero-order valence-corrected chi connectivity index (χ0v) is 11.5. The normalized spacial score (nSPS) is 10.5. The van der Waals surface area contributed by atoms with Crippen LogP contribution in [0.2, 0.25) is 5.15 Å². The van der Waals surface area contributed by atoms with Crippen LogP contribution >= 0.6 is 27.5 Å². The molecule has 0 fully saturated rings. The molecule has 2 rings (SSSR count). The first-order valence-corrected chi connectivity index (χ1v) is 6.33. The highest BCUT2D eigenvalue weighted by molar-refractivity contribution is 9.10. The molecule has 0 saturated carbocycles. The molecule has 0 aliphatic heterocycles. The van der Waals surface area contributed by atoms with E-state index in [1.54, 1.807) is 4.68 Å². The summed E-state index contributed by atoms with van der Waals surface area (Å²) in [6, 6.07) is 7.59. The Morgan fingerprint density at radius 2 is 2.18 bits per heavy atom. The van der Waals surface area contributed by atoms with Crippen LogP contribution in [0.15, 0.2) is 28.7 Å². The maximum Gasteiger partial charge on any atom is 0.155 e. The van der Waals surface area contributed by atoms with Gasteiger partial charge >= 0.3 is 0 Å². The van der Waals surface area contributed by atoms with Gasteiger partial charge in [-0.05, 0) is 34.5 Å². The fourth-order valence-electron chi connectivity index (χ4n) is 1.61. The molecule has 0 spiro atoms. The lowest BCUT2D eigenvalue weighted by Gasteiger charge is -2.04. The van der Waals surface area contributed by atoms with Gasteiger partial charge in [0.25, 0.3) is 0 Å². The number of carbonyl (C=O) groups is 1. The summed E-state index contributed by atoms with van der Waals surface area (Å²) < 4.78 is 2.46. The van der Waals surface area contributed by atoms with Gasteiger partial charge in [0.05, 0.1) is 16.9 Å². The van der Waals surface area contributed by atoms with E-state index >= 15 is 0 Å². The van der Waals surface area contributed by atoms with Crippen LogP contribution in [-0.2, 0) is 6.42 Å². The molecule has 0 saturated heterocycles. The molecule has 1 heterocycles. The number of benzene rings is 1. The molecule has 0 aliphatic carbocycles. The van der Waals surface area contributed by atoms with E-state index in [9.17, 15) is 4.79 Å². The summed E-state index contributed by atoms with van der Waals surface area (Å²) in [5.41, 5.74) is 1.99. The Kier molecular flexibility index (Phi) is 3.64. The molecule has 5 heteroatoms. The van der Waals surface area contributed by atoms with Crippen LogP contribution < -0.4 is 0 Å². The van der Waals surface area contributed by atoms with Crippen LogP contribution in [0.1, 0.15) is 23.0 Å². The third kappa shape index (κ3) is 2.15. The fourth-order valence-corrected chi connectivity index (χ4v) is 2.35. The largest absolute Gasteiger partial charge is 0.298 e. The number of carbonyl (C=O) groups excluding carboxylic acids is 1. The molecule has 0 aliphatic rings. The SMILES string of the molecule is CCc1nn(-c2ccccc2Br)c(Cl)c1C=O. The highest BCUT2D eigenvalue weighted by atomic mass is 79.9. The minimum atomic E-state index is 0.351. The van der Waals surface area contributed by atoms with Crippen molar-refractivity contribution >= 4 is 33.8 Å². The average Bonchev–Trinajstić information content (AvgIpc) is 2.66. The number of hydrogen-bond acceptors (Lipinski definition) is 2. The predicted molar refractivity (Wildman–Crippen MR) is 71.0 cm³/mol. The summed E-state index contributed by atoms with van der Waals surface area (Å²) in [6.07, 6.45) is 1.42. The highest BCUT2D eigenvalue weighted by Crippen LogP contribution is 2.27. The van der Waals surface area contributed by atoms with E-state index in [0.717, 1.165) is 16.4 Å². The molecule has 3 nitrogen and oxygen atoms in total. The third-order valence-electron chi connectivity index (χ3n) is 2.47. The Labute approximate surface area is 113 Å². The van der Waals surface area contributed by atoms with E-state index in [2.05, 4.69) is 21.0 Å². The molecular weight excluding hydrogens is 304 g/mol. The fraction of sp³-hybridized carbons (Fsp3) is 0.167. The van der Waals surface area contributed by atoms with Gasteiger partial charge in [-0.15, -0.1) is 0 Å². The van der Waals surface area contributed by atoms with Crippen molar-refractivity contribution in [3.63, 3.8) is 0 Å².